The van der Waals surface area contributed by atoms with Gasteiger partial charge in [-0.25, -0.2) is 4.79 Å². The summed E-state index contributed by atoms with van der Waals surface area (Å²) >= 11 is 0. The van der Waals surface area contributed by atoms with E-state index in [1.807, 2.05) is 6.08 Å². The fourth-order valence-corrected chi connectivity index (χ4v) is 4.53. The minimum Gasteiger partial charge on any atom is -0.504 e. The molecule has 8 heteroatoms. The van der Waals surface area contributed by atoms with Crippen LogP contribution in [0.25, 0.3) is 0 Å². The van der Waals surface area contributed by atoms with Crippen LogP contribution in [0.2, 0.25) is 0 Å². The molecule has 0 heterocycles. The number of rotatable bonds is 25. The SMILES string of the molecule is CC/C=C\C/C=C\C/C=C\C/C=C\C/C=C\CCCC(=O)NC(Cc1ccc(O)c(O)c1)C(=O)OC(C)OC(=O)CCCCCCC. The number of phenols is 2. The Hall–Kier alpha value is -4.07. The van der Waals surface area contributed by atoms with Crippen molar-refractivity contribution in [3.63, 3.8) is 0 Å². The topological polar surface area (TPSA) is 122 Å². The first-order valence-corrected chi connectivity index (χ1v) is 17.2. The van der Waals surface area contributed by atoms with E-state index in [4.69, 9.17) is 9.47 Å². The second-order valence-corrected chi connectivity index (χ2v) is 11.4. The Morgan fingerprint density at radius 1 is 0.723 bits per heavy atom. The number of aromatic hydroxyl groups is 2. The zero-order chi connectivity index (χ0) is 34.5. The van der Waals surface area contributed by atoms with Gasteiger partial charge in [0.15, 0.2) is 11.5 Å². The van der Waals surface area contributed by atoms with Gasteiger partial charge in [-0.2, -0.15) is 0 Å². The number of hydrogen-bond acceptors (Lipinski definition) is 7. The summed E-state index contributed by atoms with van der Waals surface area (Å²) in [6.07, 6.45) is 31.7. The van der Waals surface area contributed by atoms with Crippen LogP contribution in [0.4, 0.5) is 0 Å². The molecule has 0 fully saturated rings. The number of carbonyl (C=O) groups excluding carboxylic acids is 3. The first-order chi connectivity index (χ1) is 22.8. The van der Waals surface area contributed by atoms with E-state index in [9.17, 15) is 24.6 Å². The Morgan fingerprint density at radius 3 is 1.91 bits per heavy atom. The van der Waals surface area contributed by atoms with Crippen molar-refractivity contribution in [2.45, 2.75) is 129 Å². The number of ether oxygens (including phenoxy) is 2. The Morgan fingerprint density at radius 2 is 1.32 bits per heavy atom. The summed E-state index contributed by atoms with van der Waals surface area (Å²) < 4.78 is 10.6. The minimum atomic E-state index is -1.12. The third-order valence-corrected chi connectivity index (χ3v) is 7.10. The van der Waals surface area contributed by atoms with Crippen molar-refractivity contribution in [2.75, 3.05) is 0 Å². The van der Waals surface area contributed by atoms with Crippen molar-refractivity contribution in [2.24, 2.45) is 0 Å². The van der Waals surface area contributed by atoms with Crippen molar-refractivity contribution >= 4 is 17.8 Å². The van der Waals surface area contributed by atoms with E-state index in [0.29, 0.717) is 24.8 Å². The van der Waals surface area contributed by atoms with Crippen LogP contribution in [-0.4, -0.2) is 40.4 Å². The fraction of sp³-hybridized carbons (Fsp3) is 0.513. The lowest BCUT2D eigenvalue weighted by Crippen LogP contribution is -2.44. The van der Waals surface area contributed by atoms with E-state index in [2.05, 4.69) is 73.8 Å². The number of nitrogens with one attached hydrogen (secondary N) is 1. The molecule has 2 atom stereocenters. The molecule has 3 N–H and O–H groups in total. The number of benzene rings is 1. The summed E-state index contributed by atoms with van der Waals surface area (Å²) in [5, 5.41) is 22.2. The maximum absolute atomic E-state index is 13.0. The summed E-state index contributed by atoms with van der Waals surface area (Å²) in [4.78, 5) is 37.9. The van der Waals surface area contributed by atoms with E-state index < -0.39 is 24.3 Å². The van der Waals surface area contributed by atoms with Gasteiger partial charge in [-0.3, -0.25) is 9.59 Å². The highest BCUT2D eigenvalue weighted by Crippen LogP contribution is 2.25. The summed E-state index contributed by atoms with van der Waals surface area (Å²) in [5.74, 6) is -2.15. The first-order valence-electron chi connectivity index (χ1n) is 17.2. The normalized spacial score (nSPS) is 13.3. The molecule has 0 spiro atoms. The number of unbranched alkanes of at least 4 members (excludes halogenated alkanes) is 5. The third-order valence-electron chi connectivity index (χ3n) is 7.10. The lowest BCUT2D eigenvalue weighted by Gasteiger charge is -2.21. The highest BCUT2D eigenvalue weighted by atomic mass is 16.7. The molecule has 0 bridgehead atoms. The molecule has 2 unspecified atom stereocenters. The summed E-state index contributed by atoms with van der Waals surface area (Å²) in [7, 11) is 0. The lowest BCUT2D eigenvalue weighted by molar-refractivity contribution is -0.186. The zero-order valence-electron chi connectivity index (χ0n) is 28.7. The number of esters is 2. The molecule has 1 aromatic carbocycles. The van der Waals surface area contributed by atoms with Crippen LogP contribution < -0.4 is 5.32 Å². The van der Waals surface area contributed by atoms with Gasteiger partial charge in [0, 0.05) is 26.2 Å². The molecular weight excluding hydrogens is 594 g/mol. The van der Waals surface area contributed by atoms with Crippen LogP contribution in [0, 0.1) is 0 Å². The fourth-order valence-electron chi connectivity index (χ4n) is 4.53. The molecule has 260 valence electrons. The molecule has 1 rings (SSSR count). The van der Waals surface area contributed by atoms with Gasteiger partial charge in [-0.15, -0.1) is 0 Å². The second kappa shape index (κ2) is 27.1. The molecule has 0 aliphatic heterocycles. The Balaban J connectivity index is 2.49. The van der Waals surface area contributed by atoms with Crippen LogP contribution in [0.5, 0.6) is 11.5 Å². The standard InChI is InChI=1S/C39H57NO7/c1-4-6-8-10-11-12-13-14-15-16-17-18-19-20-21-23-24-26-37(43)40-34(30-33-28-29-35(41)36(42)31-33)39(45)47-32(3)46-38(44)27-25-22-9-7-5-2/h6,8,11-12,14-15,17-18,20-21,28-29,31-32,34,41-42H,4-5,7,9-10,13,16,19,22-27,30H2,1-3H3,(H,40,43)/b8-6-,12-11-,15-14-,18-17-,21-20-. The predicted molar refractivity (Wildman–Crippen MR) is 189 cm³/mol. The second-order valence-electron chi connectivity index (χ2n) is 11.4. The zero-order valence-corrected chi connectivity index (χ0v) is 28.7. The summed E-state index contributed by atoms with van der Waals surface area (Å²) in [5.41, 5.74) is 0.512. The van der Waals surface area contributed by atoms with Crippen LogP contribution >= 0.6 is 0 Å². The van der Waals surface area contributed by atoms with Gasteiger partial charge in [-0.05, 0) is 69.1 Å². The third kappa shape index (κ3) is 22.2. The Labute approximate surface area is 282 Å². The van der Waals surface area contributed by atoms with Crippen LogP contribution in [0.1, 0.15) is 116 Å². The molecule has 0 radical (unpaired) electrons. The van der Waals surface area contributed by atoms with E-state index in [0.717, 1.165) is 57.8 Å². The highest BCUT2D eigenvalue weighted by Gasteiger charge is 2.26. The van der Waals surface area contributed by atoms with Gasteiger partial charge in [0.1, 0.15) is 6.04 Å². The first kappa shape index (κ1) is 41.0. The van der Waals surface area contributed by atoms with Crippen molar-refractivity contribution < 1.29 is 34.1 Å². The monoisotopic (exact) mass is 651 g/mol. The predicted octanol–water partition coefficient (Wildman–Crippen LogP) is 8.84. The Bertz CT molecular complexity index is 1180. The van der Waals surface area contributed by atoms with Crippen molar-refractivity contribution in [3.05, 3.63) is 84.5 Å². The lowest BCUT2D eigenvalue weighted by atomic mass is 10.0. The number of phenolic OH excluding ortho intramolecular Hbond substituents is 2. The molecule has 0 aliphatic carbocycles. The molecular formula is C39H57NO7. The average molecular weight is 652 g/mol. The number of allylic oxidation sites excluding steroid dienone is 10. The molecule has 47 heavy (non-hydrogen) atoms. The van der Waals surface area contributed by atoms with Crippen molar-refractivity contribution in [3.8, 4) is 11.5 Å². The van der Waals surface area contributed by atoms with Gasteiger partial charge in [0.05, 0.1) is 0 Å². The van der Waals surface area contributed by atoms with Gasteiger partial charge < -0.3 is 25.0 Å². The summed E-state index contributed by atoms with van der Waals surface area (Å²) in [6, 6.07) is 3.11. The number of carbonyl (C=O) groups is 3. The summed E-state index contributed by atoms with van der Waals surface area (Å²) in [6.45, 7) is 5.72. The van der Waals surface area contributed by atoms with E-state index in [-0.39, 0.29) is 36.7 Å². The van der Waals surface area contributed by atoms with Gasteiger partial charge in [0.25, 0.3) is 0 Å². The van der Waals surface area contributed by atoms with Gasteiger partial charge in [-0.1, -0.05) is 106 Å². The van der Waals surface area contributed by atoms with Crippen LogP contribution in [-0.2, 0) is 30.3 Å². The molecule has 1 amide bonds. The van der Waals surface area contributed by atoms with Crippen LogP contribution in [0.15, 0.2) is 79.0 Å². The van der Waals surface area contributed by atoms with Crippen molar-refractivity contribution in [1.82, 2.24) is 5.32 Å². The van der Waals surface area contributed by atoms with Gasteiger partial charge in [0.2, 0.25) is 12.2 Å². The number of amides is 1. The number of hydrogen-bond donors (Lipinski definition) is 3. The van der Waals surface area contributed by atoms with E-state index >= 15 is 0 Å². The molecule has 0 aromatic heterocycles. The highest BCUT2D eigenvalue weighted by molar-refractivity contribution is 5.84. The largest absolute Gasteiger partial charge is 0.504 e. The maximum atomic E-state index is 13.0. The molecule has 0 saturated carbocycles. The molecule has 8 nitrogen and oxygen atoms in total. The Kier molecular flexibility index (Phi) is 23.6. The maximum Gasteiger partial charge on any atom is 0.332 e. The molecule has 0 aliphatic rings. The molecule has 1 aromatic rings. The van der Waals surface area contributed by atoms with E-state index in [1.54, 1.807) is 6.07 Å². The quantitative estimate of drug-likeness (QED) is 0.0317. The molecule has 0 saturated heterocycles. The van der Waals surface area contributed by atoms with Gasteiger partial charge >= 0.3 is 11.9 Å². The average Bonchev–Trinajstić information content (AvgIpc) is 3.03. The minimum absolute atomic E-state index is 0.0191. The van der Waals surface area contributed by atoms with E-state index in [1.165, 1.54) is 19.1 Å². The van der Waals surface area contributed by atoms with Crippen LogP contribution in [0.3, 0.4) is 0 Å². The smallest absolute Gasteiger partial charge is 0.332 e. The van der Waals surface area contributed by atoms with Crippen molar-refractivity contribution in [1.29, 1.82) is 0 Å².